The number of piperidine rings is 1. The molecule has 1 heterocycles. The van der Waals surface area contributed by atoms with Gasteiger partial charge in [-0.1, -0.05) is 0 Å². The largest absolute Gasteiger partial charge is 0.355 e. The lowest BCUT2D eigenvalue weighted by atomic mass is 9.98. The molecule has 2 atom stereocenters. The standard InChI is InChI=1S/C11H21N3O2/c1-3-13-10(15)8(2)14-11(16)9-5-4-6-12-7-9/h8-9,12H,3-7H2,1-2H3,(H,13,15)(H,14,16)/t8?,9-/m1/s1. The highest BCUT2D eigenvalue weighted by atomic mass is 16.2. The Morgan fingerprint density at radius 1 is 1.50 bits per heavy atom. The molecule has 1 unspecified atom stereocenters. The van der Waals surface area contributed by atoms with Crippen LogP contribution in [0.4, 0.5) is 0 Å². The average molecular weight is 227 g/mol. The van der Waals surface area contributed by atoms with Crippen molar-refractivity contribution in [1.82, 2.24) is 16.0 Å². The van der Waals surface area contributed by atoms with E-state index < -0.39 is 6.04 Å². The zero-order valence-electron chi connectivity index (χ0n) is 10.0. The first-order valence-corrected chi connectivity index (χ1v) is 5.94. The molecule has 5 nitrogen and oxygen atoms in total. The average Bonchev–Trinajstić information content (AvgIpc) is 2.30. The van der Waals surface area contributed by atoms with Gasteiger partial charge < -0.3 is 16.0 Å². The Morgan fingerprint density at radius 3 is 2.81 bits per heavy atom. The molecule has 16 heavy (non-hydrogen) atoms. The van der Waals surface area contributed by atoms with Crippen molar-refractivity contribution in [2.24, 2.45) is 5.92 Å². The molecule has 92 valence electrons. The number of amides is 2. The molecule has 0 saturated carbocycles. The maximum atomic E-state index is 11.8. The Hall–Kier alpha value is -1.10. The summed E-state index contributed by atoms with van der Waals surface area (Å²) in [6, 6.07) is -0.450. The molecular weight excluding hydrogens is 206 g/mol. The predicted molar refractivity (Wildman–Crippen MR) is 61.9 cm³/mol. The SMILES string of the molecule is CCNC(=O)C(C)NC(=O)[C@@H]1CCCNC1. The maximum Gasteiger partial charge on any atom is 0.242 e. The summed E-state index contributed by atoms with van der Waals surface area (Å²) in [5, 5.41) is 8.61. The van der Waals surface area contributed by atoms with Crippen LogP contribution >= 0.6 is 0 Å². The molecule has 0 aliphatic carbocycles. The summed E-state index contributed by atoms with van der Waals surface area (Å²) >= 11 is 0. The number of likely N-dealkylation sites (N-methyl/N-ethyl adjacent to an activating group) is 1. The molecule has 0 aromatic rings. The van der Waals surface area contributed by atoms with Crippen molar-refractivity contribution in [1.29, 1.82) is 0 Å². The highest BCUT2D eigenvalue weighted by molar-refractivity contribution is 5.88. The van der Waals surface area contributed by atoms with Crippen molar-refractivity contribution in [3.63, 3.8) is 0 Å². The van der Waals surface area contributed by atoms with Gasteiger partial charge in [0.15, 0.2) is 0 Å². The predicted octanol–water partition coefficient (Wildman–Crippen LogP) is -0.373. The minimum atomic E-state index is -0.450. The molecule has 5 heteroatoms. The maximum absolute atomic E-state index is 11.8. The lowest BCUT2D eigenvalue weighted by Gasteiger charge is -2.23. The quantitative estimate of drug-likeness (QED) is 0.613. The van der Waals surface area contributed by atoms with E-state index >= 15 is 0 Å². The van der Waals surface area contributed by atoms with Gasteiger partial charge in [0.2, 0.25) is 11.8 Å². The Bertz CT molecular complexity index is 250. The smallest absolute Gasteiger partial charge is 0.242 e. The topological polar surface area (TPSA) is 70.2 Å². The van der Waals surface area contributed by atoms with Gasteiger partial charge in [-0.2, -0.15) is 0 Å². The van der Waals surface area contributed by atoms with E-state index in [0.29, 0.717) is 13.1 Å². The third kappa shape index (κ3) is 3.81. The van der Waals surface area contributed by atoms with E-state index in [-0.39, 0.29) is 17.7 Å². The van der Waals surface area contributed by atoms with Crippen molar-refractivity contribution in [2.45, 2.75) is 32.7 Å². The van der Waals surface area contributed by atoms with Crippen molar-refractivity contribution in [3.05, 3.63) is 0 Å². The summed E-state index contributed by atoms with van der Waals surface area (Å²) < 4.78 is 0. The molecule has 3 N–H and O–H groups in total. The fourth-order valence-corrected chi connectivity index (χ4v) is 1.80. The lowest BCUT2D eigenvalue weighted by Crippen LogP contribution is -2.49. The molecule has 1 fully saturated rings. The number of carbonyl (C=O) groups is 2. The van der Waals surface area contributed by atoms with Gasteiger partial charge in [-0.05, 0) is 33.2 Å². The van der Waals surface area contributed by atoms with Crippen LogP contribution in [-0.4, -0.2) is 37.5 Å². The van der Waals surface area contributed by atoms with E-state index in [2.05, 4.69) is 16.0 Å². The number of carbonyl (C=O) groups excluding carboxylic acids is 2. The van der Waals surface area contributed by atoms with Crippen molar-refractivity contribution < 1.29 is 9.59 Å². The van der Waals surface area contributed by atoms with Gasteiger partial charge in [-0.3, -0.25) is 9.59 Å². The Morgan fingerprint density at radius 2 is 2.25 bits per heavy atom. The van der Waals surface area contributed by atoms with E-state index in [9.17, 15) is 9.59 Å². The van der Waals surface area contributed by atoms with Crippen LogP contribution in [0.15, 0.2) is 0 Å². The zero-order valence-corrected chi connectivity index (χ0v) is 10.0. The van der Waals surface area contributed by atoms with Crippen LogP contribution < -0.4 is 16.0 Å². The van der Waals surface area contributed by atoms with Crippen molar-refractivity contribution in [2.75, 3.05) is 19.6 Å². The van der Waals surface area contributed by atoms with Gasteiger partial charge >= 0.3 is 0 Å². The summed E-state index contributed by atoms with van der Waals surface area (Å²) in [5.41, 5.74) is 0. The second-order valence-electron chi connectivity index (χ2n) is 4.17. The Kier molecular flexibility index (Phi) is 5.25. The van der Waals surface area contributed by atoms with Crippen LogP contribution in [0.3, 0.4) is 0 Å². The zero-order chi connectivity index (χ0) is 12.0. The number of rotatable bonds is 4. The fraction of sp³-hybridized carbons (Fsp3) is 0.818. The minimum absolute atomic E-state index is 0.00521. The summed E-state index contributed by atoms with van der Waals surface area (Å²) in [4.78, 5) is 23.2. The molecule has 1 saturated heterocycles. The van der Waals surface area contributed by atoms with Crippen molar-refractivity contribution >= 4 is 11.8 Å². The van der Waals surface area contributed by atoms with Gasteiger partial charge in [0.1, 0.15) is 6.04 Å². The number of hydrogen-bond donors (Lipinski definition) is 3. The Labute approximate surface area is 96.4 Å². The molecule has 1 aliphatic heterocycles. The van der Waals surface area contributed by atoms with Gasteiger partial charge in [0.05, 0.1) is 5.92 Å². The molecule has 1 aliphatic rings. The summed E-state index contributed by atoms with van der Waals surface area (Å²) in [7, 11) is 0. The van der Waals surface area contributed by atoms with E-state index in [1.807, 2.05) is 6.92 Å². The van der Waals surface area contributed by atoms with Crippen LogP contribution in [0.5, 0.6) is 0 Å². The van der Waals surface area contributed by atoms with E-state index in [1.54, 1.807) is 6.92 Å². The lowest BCUT2D eigenvalue weighted by molar-refractivity contribution is -0.131. The van der Waals surface area contributed by atoms with Crippen molar-refractivity contribution in [3.8, 4) is 0 Å². The molecule has 0 bridgehead atoms. The van der Waals surface area contributed by atoms with Gasteiger partial charge in [-0.25, -0.2) is 0 Å². The third-order valence-corrected chi connectivity index (χ3v) is 2.77. The van der Waals surface area contributed by atoms with Crippen LogP contribution in [-0.2, 0) is 9.59 Å². The first-order valence-electron chi connectivity index (χ1n) is 5.94. The first kappa shape index (κ1) is 13.0. The monoisotopic (exact) mass is 227 g/mol. The minimum Gasteiger partial charge on any atom is -0.355 e. The van der Waals surface area contributed by atoms with E-state index in [1.165, 1.54) is 0 Å². The van der Waals surface area contributed by atoms with Crippen LogP contribution in [0.2, 0.25) is 0 Å². The first-order chi connectivity index (χ1) is 7.65. The molecule has 1 rings (SSSR count). The van der Waals surface area contributed by atoms with Crippen LogP contribution in [0.1, 0.15) is 26.7 Å². The third-order valence-electron chi connectivity index (χ3n) is 2.77. The second kappa shape index (κ2) is 6.48. The number of nitrogens with one attached hydrogen (secondary N) is 3. The summed E-state index contributed by atoms with van der Waals surface area (Å²) in [5.74, 6) is -0.142. The molecular formula is C11H21N3O2. The summed E-state index contributed by atoms with van der Waals surface area (Å²) in [6.07, 6.45) is 1.93. The highest BCUT2D eigenvalue weighted by Crippen LogP contribution is 2.09. The normalized spacial score (nSPS) is 22.2. The van der Waals surface area contributed by atoms with E-state index in [4.69, 9.17) is 0 Å². The van der Waals surface area contributed by atoms with E-state index in [0.717, 1.165) is 19.4 Å². The van der Waals surface area contributed by atoms with Gasteiger partial charge in [0.25, 0.3) is 0 Å². The van der Waals surface area contributed by atoms with Gasteiger partial charge in [-0.15, -0.1) is 0 Å². The fourth-order valence-electron chi connectivity index (χ4n) is 1.80. The number of hydrogen-bond acceptors (Lipinski definition) is 3. The van der Waals surface area contributed by atoms with Gasteiger partial charge in [0, 0.05) is 13.1 Å². The van der Waals surface area contributed by atoms with Crippen LogP contribution in [0, 0.1) is 5.92 Å². The molecule has 0 spiro atoms. The van der Waals surface area contributed by atoms with Crippen LogP contribution in [0.25, 0.3) is 0 Å². The summed E-state index contributed by atoms with van der Waals surface area (Å²) in [6.45, 7) is 5.85. The molecule has 0 aromatic heterocycles. The second-order valence-corrected chi connectivity index (χ2v) is 4.17. The molecule has 0 aromatic carbocycles. The molecule has 0 radical (unpaired) electrons. The highest BCUT2D eigenvalue weighted by Gasteiger charge is 2.23. The Balaban J connectivity index is 2.34. The molecule has 2 amide bonds.